The van der Waals surface area contributed by atoms with Crippen molar-refractivity contribution in [3.05, 3.63) is 41.2 Å². The molecule has 0 saturated carbocycles. The number of amides is 1. The van der Waals surface area contributed by atoms with Crippen molar-refractivity contribution < 1.29 is 9.21 Å². The monoisotopic (exact) mass is 288 g/mol. The standard InChI is InChI=1S/C15H20N4O2/c1-4-6-16-13-8-12(5-7-17-13)15(20)18-9-14-19-10(2)11(3)21-14/h5,7-8H,4,6,9H2,1-3H3,(H,16,17)(H,18,20). The molecular weight excluding hydrogens is 268 g/mol. The molecule has 112 valence electrons. The predicted octanol–water partition coefficient (Wildman–Crippen LogP) is 2.44. The highest BCUT2D eigenvalue weighted by molar-refractivity contribution is 5.94. The SMILES string of the molecule is CCCNc1cc(C(=O)NCc2nc(C)c(C)o2)ccn1. The Morgan fingerprint density at radius 2 is 2.19 bits per heavy atom. The Morgan fingerprint density at radius 3 is 2.86 bits per heavy atom. The molecule has 0 radical (unpaired) electrons. The first kappa shape index (κ1) is 15.0. The molecule has 6 heteroatoms. The molecule has 0 saturated heterocycles. The fourth-order valence-electron chi connectivity index (χ4n) is 1.79. The molecule has 0 aliphatic carbocycles. The number of aryl methyl sites for hydroxylation is 2. The molecule has 0 aromatic carbocycles. The van der Waals surface area contributed by atoms with Crippen LogP contribution in [0.25, 0.3) is 0 Å². The lowest BCUT2D eigenvalue weighted by Crippen LogP contribution is -2.23. The Hall–Kier alpha value is -2.37. The maximum Gasteiger partial charge on any atom is 0.251 e. The van der Waals surface area contributed by atoms with Crippen LogP contribution in [0.3, 0.4) is 0 Å². The second-order valence-corrected chi connectivity index (χ2v) is 4.79. The molecule has 2 rings (SSSR count). The zero-order chi connectivity index (χ0) is 15.2. The summed E-state index contributed by atoms with van der Waals surface area (Å²) < 4.78 is 5.43. The third-order valence-corrected chi connectivity index (χ3v) is 3.05. The number of rotatable bonds is 6. The molecular formula is C15H20N4O2. The van der Waals surface area contributed by atoms with Gasteiger partial charge >= 0.3 is 0 Å². The molecule has 2 aromatic rings. The van der Waals surface area contributed by atoms with E-state index >= 15 is 0 Å². The van der Waals surface area contributed by atoms with Crippen LogP contribution in [0.1, 0.15) is 41.0 Å². The van der Waals surface area contributed by atoms with Gasteiger partial charge in [-0.2, -0.15) is 0 Å². The van der Waals surface area contributed by atoms with E-state index in [0.717, 1.165) is 24.4 Å². The Bertz CT molecular complexity index is 602. The Morgan fingerprint density at radius 1 is 1.38 bits per heavy atom. The number of oxazole rings is 1. The highest BCUT2D eigenvalue weighted by Gasteiger charge is 2.10. The van der Waals surface area contributed by atoms with E-state index in [1.54, 1.807) is 18.3 Å². The van der Waals surface area contributed by atoms with Crippen LogP contribution in [0.15, 0.2) is 22.7 Å². The van der Waals surface area contributed by atoms with Crippen molar-refractivity contribution >= 4 is 11.7 Å². The van der Waals surface area contributed by atoms with E-state index < -0.39 is 0 Å². The van der Waals surface area contributed by atoms with Crippen molar-refractivity contribution in [3.63, 3.8) is 0 Å². The van der Waals surface area contributed by atoms with Gasteiger partial charge in [-0.3, -0.25) is 4.79 Å². The highest BCUT2D eigenvalue weighted by Crippen LogP contribution is 2.09. The number of pyridine rings is 1. The quantitative estimate of drug-likeness (QED) is 0.853. The number of carbonyl (C=O) groups excluding carboxylic acids is 1. The topological polar surface area (TPSA) is 80.0 Å². The third-order valence-electron chi connectivity index (χ3n) is 3.05. The lowest BCUT2D eigenvalue weighted by atomic mass is 10.2. The van der Waals surface area contributed by atoms with Crippen molar-refractivity contribution in [2.24, 2.45) is 0 Å². The Kier molecular flexibility index (Phi) is 4.92. The van der Waals surface area contributed by atoms with Crippen LogP contribution in [-0.2, 0) is 6.54 Å². The molecule has 0 bridgehead atoms. The Balaban J connectivity index is 1.96. The molecule has 0 unspecified atom stereocenters. The molecule has 0 fully saturated rings. The summed E-state index contributed by atoms with van der Waals surface area (Å²) in [4.78, 5) is 20.5. The molecule has 0 aliphatic heterocycles. The Labute approximate surface area is 124 Å². The molecule has 0 spiro atoms. The first-order valence-corrected chi connectivity index (χ1v) is 7.01. The van der Waals surface area contributed by atoms with Gasteiger partial charge < -0.3 is 15.1 Å². The lowest BCUT2D eigenvalue weighted by Gasteiger charge is -2.06. The number of aromatic nitrogens is 2. The van der Waals surface area contributed by atoms with Gasteiger partial charge in [0.1, 0.15) is 11.6 Å². The van der Waals surface area contributed by atoms with Gasteiger partial charge in [-0.25, -0.2) is 9.97 Å². The van der Waals surface area contributed by atoms with Crippen LogP contribution in [0.2, 0.25) is 0 Å². The molecule has 1 amide bonds. The number of anilines is 1. The third kappa shape index (κ3) is 4.05. The largest absolute Gasteiger partial charge is 0.444 e. The van der Waals surface area contributed by atoms with Crippen molar-refractivity contribution in [1.29, 1.82) is 0 Å². The highest BCUT2D eigenvalue weighted by atomic mass is 16.4. The van der Waals surface area contributed by atoms with Crippen LogP contribution < -0.4 is 10.6 Å². The fraction of sp³-hybridized carbons (Fsp3) is 0.400. The van der Waals surface area contributed by atoms with E-state index in [9.17, 15) is 4.79 Å². The van der Waals surface area contributed by atoms with E-state index in [2.05, 4.69) is 27.5 Å². The van der Waals surface area contributed by atoms with Gasteiger partial charge in [0, 0.05) is 18.3 Å². The average Bonchev–Trinajstić information content (AvgIpc) is 2.81. The number of nitrogens with one attached hydrogen (secondary N) is 2. The van der Waals surface area contributed by atoms with Gasteiger partial charge in [-0.1, -0.05) is 6.92 Å². The average molecular weight is 288 g/mol. The summed E-state index contributed by atoms with van der Waals surface area (Å²) in [5, 5.41) is 5.94. The van der Waals surface area contributed by atoms with Crippen LogP contribution in [-0.4, -0.2) is 22.4 Å². The molecule has 2 aromatic heterocycles. The fourth-order valence-corrected chi connectivity index (χ4v) is 1.79. The van der Waals surface area contributed by atoms with Gasteiger partial charge in [-0.05, 0) is 32.4 Å². The number of carbonyl (C=O) groups is 1. The number of nitrogens with zero attached hydrogens (tertiary/aromatic N) is 2. The van der Waals surface area contributed by atoms with Gasteiger partial charge in [0.05, 0.1) is 12.2 Å². The second-order valence-electron chi connectivity index (χ2n) is 4.79. The van der Waals surface area contributed by atoms with E-state index in [-0.39, 0.29) is 12.5 Å². The van der Waals surface area contributed by atoms with Crippen molar-refractivity contribution in [2.75, 3.05) is 11.9 Å². The van der Waals surface area contributed by atoms with E-state index in [0.29, 0.717) is 17.3 Å². The van der Waals surface area contributed by atoms with Crippen molar-refractivity contribution in [3.8, 4) is 0 Å². The van der Waals surface area contributed by atoms with Gasteiger partial charge in [0.25, 0.3) is 5.91 Å². The smallest absolute Gasteiger partial charge is 0.251 e. The number of hydrogen-bond donors (Lipinski definition) is 2. The predicted molar refractivity (Wildman–Crippen MR) is 80.2 cm³/mol. The first-order chi connectivity index (χ1) is 10.1. The zero-order valence-electron chi connectivity index (χ0n) is 12.6. The maximum absolute atomic E-state index is 12.1. The van der Waals surface area contributed by atoms with Crippen molar-refractivity contribution in [1.82, 2.24) is 15.3 Å². The van der Waals surface area contributed by atoms with Crippen LogP contribution in [0.4, 0.5) is 5.82 Å². The normalized spacial score (nSPS) is 10.4. The molecule has 2 heterocycles. The summed E-state index contributed by atoms with van der Waals surface area (Å²) >= 11 is 0. The second kappa shape index (κ2) is 6.88. The lowest BCUT2D eigenvalue weighted by molar-refractivity contribution is 0.0947. The molecule has 6 nitrogen and oxygen atoms in total. The van der Waals surface area contributed by atoms with Crippen LogP contribution in [0, 0.1) is 13.8 Å². The molecule has 2 N–H and O–H groups in total. The summed E-state index contributed by atoms with van der Waals surface area (Å²) in [7, 11) is 0. The zero-order valence-corrected chi connectivity index (χ0v) is 12.6. The van der Waals surface area contributed by atoms with E-state index in [4.69, 9.17) is 4.42 Å². The van der Waals surface area contributed by atoms with E-state index in [1.165, 1.54) is 0 Å². The minimum atomic E-state index is -0.176. The van der Waals surface area contributed by atoms with Crippen molar-refractivity contribution in [2.45, 2.75) is 33.7 Å². The van der Waals surface area contributed by atoms with Gasteiger partial charge in [-0.15, -0.1) is 0 Å². The first-order valence-electron chi connectivity index (χ1n) is 7.01. The van der Waals surface area contributed by atoms with Gasteiger partial charge in [0.2, 0.25) is 5.89 Å². The molecule has 21 heavy (non-hydrogen) atoms. The summed E-state index contributed by atoms with van der Waals surface area (Å²) in [5.74, 6) is 1.81. The molecule has 0 atom stereocenters. The van der Waals surface area contributed by atoms with E-state index in [1.807, 2.05) is 13.8 Å². The minimum Gasteiger partial charge on any atom is -0.444 e. The minimum absolute atomic E-state index is 0.176. The summed E-state index contributed by atoms with van der Waals surface area (Å²) in [5.41, 5.74) is 1.40. The summed E-state index contributed by atoms with van der Waals surface area (Å²) in [6.07, 6.45) is 2.62. The molecule has 0 aliphatic rings. The summed E-state index contributed by atoms with van der Waals surface area (Å²) in [6, 6.07) is 3.41. The summed E-state index contributed by atoms with van der Waals surface area (Å²) in [6.45, 7) is 6.89. The number of hydrogen-bond acceptors (Lipinski definition) is 5. The van der Waals surface area contributed by atoms with Crippen LogP contribution >= 0.6 is 0 Å². The maximum atomic E-state index is 12.1. The van der Waals surface area contributed by atoms with Crippen LogP contribution in [0.5, 0.6) is 0 Å². The van der Waals surface area contributed by atoms with Gasteiger partial charge in [0.15, 0.2) is 0 Å².